The number of likely N-dealkylation sites (N-methyl/N-ethyl adjacent to an activating group) is 1. The van der Waals surface area contributed by atoms with Crippen molar-refractivity contribution in [1.29, 1.82) is 0 Å². The Morgan fingerprint density at radius 2 is 1.71 bits per heavy atom. The van der Waals surface area contributed by atoms with E-state index in [-0.39, 0.29) is 17.1 Å². The van der Waals surface area contributed by atoms with E-state index in [0.717, 1.165) is 19.4 Å². The summed E-state index contributed by atoms with van der Waals surface area (Å²) in [7, 11) is 2.06. The van der Waals surface area contributed by atoms with Gasteiger partial charge in [-0.15, -0.1) is 0 Å². The fraction of sp³-hybridized carbons (Fsp3) is 0.684. The number of nitrogens with one attached hydrogen (secondary N) is 1. The first-order valence-corrected chi connectivity index (χ1v) is 8.34. The highest BCUT2D eigenvalue weighted by Crippen LogP contribution is 2.43. The van der Waals surface area contributed by atoms with Gasteiger partial charge in [0.25, 0.3) is 0 Å². The highest BCUT2D eigenvalue weighted by Gasteiger charge is 2.42. The van der Waals surface area contributed by atoms with Gasteiger partial charge in [0.15, 0.2) is 0 Å². The minimum absolute atomic E-state index is 0.0211. The quantitative estimate of drug-likeness (QED) is 0.855. The van der Waals surface area contributed by atoms with Gasteiger partial charge in [0.05, 0.1) is 11.6 Å². The van der Waals surface area contributed by atoms with E-state index in [9.17, 15) is 0 Å². The Labute approximate surface area is 130 Å². The number of benzene rings is 1. The third-order valence-electron chi connectivity index (χ3n) is 4.81. The van der Waals surface area contributed by atoms with Crippen LogP contribution >= 0.6 is 0 Å². The molecule has 1 aromatic carbocycles. The second kappa shape index (κ2) is 6.50. The van der Waals surface area contributed by atoms with Crippen LogP contribution in [0.4, 0.5) is 0 Å². The Balaban J connectivity index is 2.28. The Bertz CT molecular complexity index is 438. The monoisotopic (exact) mass is 289 g/mol. The van der Waals surface area contributed by atoms with Crippen molar-refractivity contribution in [2.24, 2.45) is 0 Å². The summed E-state index contributed by atoms with van der Waals surface area (Å²) in [5.74, 6) is 0. The Morgan fingerprint density at radius 3 is 2.14 bits per heavy atom. The lowest BCUT2D eigenvalue weighted by atomic mass is 9.83. The van der Waals surface area contributed by atoms with Crippen LogP contribution in [0.3, 0.4) is 0 Å². The largest absolute Gasteiger partial charge is 0.373 e. The summed E-state index contributed by atoms with van der Waals surface area (Å²) in [5.41, 5.74) is 2.92. The number of hydrogen-bond acceptors (Lipinski definition) is 2. The summed E-state index contributed by atoms with van der Waals surface area (Å²) in [5, 5.41) is 3.52. The molecule has 1 atom stereocenters. The van der Waals surface area contributed by atoms with Crippen LogP contribution in [0.25, 0.3) is 0 Å². The van der Waals surface area contributed by atoms with Gasteiger partial charge >= 0.3 is 0 Å². The van der Waals surface area contributed by atoms with Gasteiger partial charge in [-0.25, -0.2) is 0 Å². The molecule has 1 N–H and O–H groups in total. The van der Waals surface area contributed by atoms with E-state index in [4.69, 9.17) is 4.74 Å². The first-order valence-electron chi connectivity index (χ1n) is 8.34. The predicted octanol–water partition coefficient (Wildman–Crippen LogP) is 4.59. The molecule has 0 amide bonds. The molecule has 1 aliphatic carbocycles. The molecule has 0 saturated heterocycles. The SMILES string of the molecule is CCOC1(C(NC)c2ccc(C(C)(C)C)cc2)CCCC1. The molecule has 2 nitrogen and oxygen atoms in total. The van der Waals surface area contributed by atoms with Gasteiger partial charge in [0.2, 0.25) is 0 Å². The van der Waals surface area contributed by atoms with E-state index in [1.165, 1.54) is 24.0 Å². The molecule has 1 aromatic rings. The summed E-state index contributed by atoms with van der Waals surface area (Å²) >= 11 is 0. The third-order valence-corrected chi connectivity index (χ3v) is 4.81. The van der Waals surface area contributed by atoms with Crippen LogP contribution in [0.1, 0.15) is 70.5 Å². The molecule has 21 heavy (non-hydrogen) atoms. The maximum absolute atomic E-state index is 6.23. The van der Waals surface area contributed by atoms with E-state index >= 15 is 0 Å². The van der Waals surface area contributed by atoms with Crippen molar-refractivity contribution < 1.29 is 4.74 Å². The normalized spacial score (nSPS) is 19.7. The molecule has 0 aromatic heterocycles. The average Bonchev–Trinajstić information content (AvgIpc) is 2.89. The van der Waals surface area contributed by atoms with Gasteiger partial charge in [-0.2, -0.15) is 0 Å². The zero-order valence-electron chi connectivity index (χ0n) is 14.3. The van der Waals surface area contributed by atoms with E-state index in [1.54, 1.807) is 0 Å². The van der Waals surface area contributed by atoms with Crippen LogP contribution < -0.4 is 5.32 Å². The van der Waals surface area contributed by atoms with Crippen molar-refractivity contribution in [3.05, 3.63) is 35.4 Å². The molecule has 1 aliphatic rings. The van der Waals surface area contributed by atoms with Crippen LogP contribution in [0.2, 0.25) is 0 Å². The van der Waals surface area contributed by atoms with Crippen molar-refractivity contribution in [1.82, 2.24) is 5.32 Å². The zero-order chi connectivity index (χ0) is 15.5. The fourth-order valence-electron chi connectivity index (χ4n) is 3.69. The second-order valence-corrected chi connectivity index (χ2v) is 7.30. The van der Waals surface area contributed by atoms with Gasteiger partial charge < -0.3 is 10.1 Å². The summed E-state index contributed by atoms with van der Waals surface area (Å²) in [4.78, 5) is 0. The lowest BCUT2D eigenvalue weighted by Crippen LogP contribution is -2.43. The predicted molar refractivity (Wildman–Crippen MR) is 89.8 cm³/mol. The molecule has 0 heterocycles. The lowest BCUT2D eigenvalue weighted by molar-refractivity contribution is -0.0610. The van der Waals surface area contributed by atoms with Crippen LogP contribution in [-0.2, 0) is 10.2 Å². The van der Waals surface area contributed by atoms with Gasteiger partial charge in [0.1, 0.15) is 0 Å². The molecule has 0 spiro atoms. The van der Waals surface area contributed by atoms with Crippen LogP contribution in [0.5, 0.6) is 0 Å². The van der Waals surface area contributed by atoms with Crippen LogP contribution in [0, 0.1) is 0 Å². The van der Waals surface area contributed by atoms with Crippen LogP contribution in [-0.4, -0.2) is 19.3 Å². The maximum atomic E-state index is 6.23. The second-order valence-electron chi connectivity index (χ2n) is 7.30. The molecule has 2 rings (SSSR count). The van der Waals surface area contributed by atoms with E-state index in [1.807, 2.05) is 0 Å². The maximum Gasteiger partial charge on any atom is 0.0876 e. The van der Waals surface area contributed by atoms with Gasteiger partial charge in [-0.05, 0) is 43.4 Å². The first-order chi connectivity index (χ1) is 9.93. The molecule has 0 radical (unpaired) electrons. The molecule has 1 unspecified atom stereocenters. The minimum atomic E-state index is -0.0211. The van der Waals surface area contributed by atoms with Crippen LogP contribution in [0.15, 0.2) is 24.3 Å². The van der Waals surface area contributed by atoms with Crippen molar-refractivity contribution in [3.8, 4) is 0 Å². The Hall–Kier alpha value is -0.860. The number of hydrogen-bond donors (Lipinski definition) is 1. The van der Waals surface area contributed by atoms with Gasteiger partial charge in [-0.3, -0.25) is 0 Å². The molecule has 2 heteroatoms. The molecular weight excluding hydrogens is 258 g/mol. The van der Waals surface area contributed by atoms with E-state index < -0.39 is 0 Å². The number of rotatable bonds is 5. The molecule has 1 fully saturated rings. The van der Waals surface area contributed by atoms with Gasteiger partial charge in [-0.1, -0.05) is 57.9 Å². The zero-order valence-corrected chi connectivity index (χ0v) is 14.3. The summed E-state index contributed by atoms with van der Waals surface area (Å²) in [6.07, 6.45) is 4.87. The highest BCUT2D eigenvalue weighted by molar-refractivity contribution is 5.31. The Morgan fingerprint density at radius 1 is 1.14 bits per heavy atom. The smallest absolute Gasteiger partial charge is 0.0876 e. The summed E-state index contributed by atoms with van der Waals surface area (Å²) in [6, 6.07) is 9.39. The van der Waals surface area contributed by atoms with Crippen molar-refractivity contribution in [2.45, 2.75) is 70.4 Å². The lowest BCUT2D eigenvalue weighted by Gasteiger charge is -2.38. The topological polar surface area (TPSA) is 21.3 Å². The number of ether oxygens (including phenoxy) is 1. The molecule has 118 valence electrons. The molecule has 0 bridgehead atoms. The fourth-order valence-corrected chi connectivity index (χ4v) is 3.69. The van der Waals surface area contributed by atoms with Crippen molar-refractivity contribution >= 4 is 0 Å². The van der Waals surface area contributed by atoms with Gasteiger partial charge in [0, 0.05) is 6.61 Å². The molecule has 1 saturated carbocycles. The first kappa shape index (κ1) is 16.5. The van der Waals surface area contributed by atoms with Crippen molar-refractivity contribution in [3.63, 3.8) is 0 Å². The third kappa shape index (κ3) is 3.49. The average molecular weight is 289 g/mol. The minimum Gasteiger partial charge on any atom is -0.373 e. The molecule has 0 aliphatic heterocycles. The molecular formula is C19H31NO. The van der Waals surface area contributed by atoms with E-state index in [2.05, 4.69) is 64.3 Å². The summed E-state index contributed by atoms with van der Waals surface area (Å²) in [6.45, 7) is 9.68. The Kier molecular flexibility index (Phi) is 5.11. The standard InChI is InChI=1S/C19H31NO/c1-6-21-19(13-7-8-14-19)17(20-5)15-9-11-16(12-10-15)18(2,3)4/h9-12,17,20H,6-8,13-14H2,1-5H3. The van der Waals surface area contributed by atoms with Crippen molar-refractivity contribution in [2.75, 3.05) is 13.7 Å². The summed E-state index contributed by atoms with van der Waals surface area (Å²) < 4.78 is 6.23. The highest BCUT2D eigenvalue weighted by atomic mass is 16.5. The van der Waals surface area contributed by atoms with E-state index in [0.29, 0.717) is 0 Å².